The molecule has 0 amide bonds. The molecule has 2 unspecified atom stereocenters. The monoisotopic (exact) mass is 343 g/mol. The summed E-state index contributed by atoms with van der Waals surface area (Å²) in [7, 11) is 4.91. The van der Waals surface area contributed by atoms with Gasteiger partial charge in [-0.3, -0.25) is 4.79 Å². The van der Waals surface area contributed by atoms with Crippen molar-refractivity contribution in [3.63, 3.8) is 0 Å². The van der Waals surface area contributed by atoms with Gasteiger partial charge in [-0.2, -0.15) is 5.10 Å². The van der Waals surface area contributed by atoms with Gasteiger partial charge in [0.05, 0.1) is 26.5 Å². The second kappa shape index (κ2) is 5.68. The molecule has 0 saturated heterocycles. The first-order chi connectivity index (χ1) is 12.0. The van der Waals surface area contributed by atoms with E-state index in [0.717, 1.165) is 30.0 Å². The minimum atomic E-state index is -0.207. The number of nitrogens with zero attached hydrogens (tertiary/aromatic N) is 3. The molecule has 0 bridgehead atoms. The Balaban J connectivity index is 1.86. The quantitative estimate of drug-likeness (QED) is 0.827. The number of hydrogen-bond acceptors (Lipinski definition) is 6. The Kier molecular flexibility index (Phi) is 3.59. The Morgan fingerprint density at radius 1 is 1.24 bits per heavy atom. The first-order valence-electron chi connectivity index (χ1n) is 8.29. The van der Waals surface area contributed by atoms with Gasteiger partial charge < -0.3 is 19.1 Å². The molecule has 0 saturated carbocycles. The lowest BCUT2D eigenvalue weighted by Gasteiger charge is -2.45. The summed E-state index contributed by atoms with van der Waals surface area (Å²) in [6, 6.07) is 4.06. The van der Waals surface area contributed by atoms with Crippen molar-refractivity contribution < 1.29 is 14.2 Å². The van der Waals surface area contributed by atoms with Crippen molar-refractivity contribution in [2.45, 2.75) is 25.5 Å². The fraction of sp³-hybridized carbons (Fsp3) is 0.444. The fourth-order valence-corrected chi connectivity index (χ4v) is 3.83. The highest BCUT2D eigenvalue weighted by atomic mass is 16.5. The van der Waals surface area contributed by atoms with Gasteiger partial charge in [0.1, 0.15) is 11.8 Å². The van der Waals surface area contributed by atoms with E-state index in [1.165, 1.54) is 10.2 Å². The second-order valence-electron chi connectivity index (χ2n) is 6.40. The zero-order valence-corrected chi connectivity index (χ0v) is 14.8. The van der Waals surface area contributed by atoms with Crippen molar-refractivity contribution in [2.75, 3.05) is 25.7 Å². The summed E-state index contributed by atoms with van der Waals surface area (Å²) < 4.78 is 18.2. The predicted octanol–water partition coefficient (Wildman–Crippen LogP) is 1.68. The largest absolute Gasteiger partial charge is 0.493 e. The molecule has 7 heteroatoms. The summed E-state index contributed by atoms with van der Waals surface area (Å²) in [4.78, 5) is 14.6. The molecule has 3 heterocycles. The molecule has 2 aromatic rings. The average Bonchev–Trinajstić information content (AvgIpc) is 2.63. The highest BCUT2D eigenvalue weighted by Gasteiger charge is 2.40. The van der Waals surface area contributed by atoms with Crippen molar-refractivity contribution in [3.8, 4) is 17.2 Å². The Labute approximate surface area is 145 Å². The van der Waals surface area contributed by atoms with Crippen LogP contribution in [-0.4, -0.2) is 36.6 Å². The molecule has 0 radical (unpaired) electrons. The van der Waals surface area contributed by atoms with E-state index in [1.54, 1.807) is 27.5 Å². The Bertz CT molecular complexity index is 893. The molecule has 1 aromatic heterocycles. The molecule has 0 spiro atoms. The van der Waals surface area contributed by atoms with Gasteiger partial charge in [-0.05, 0) is 36.6 Å². The molecule has 2 aliphatic rings. The number of benzene rings is 1. The van der Waals surface area contributed by atoms with E-state index in [2.05, 4.69) is 10.00 Å². The van der Waals surface area contributed by atoms with Crippen LogP contribution < -0.4 is 24.7 Å². The maximum Gasteiger partial charge on any atom is 0.311 e. The SMILES string of the molecule is COc1cc2c(cc1OC)C1C(C)Oc3c(cnn(C)c3=O)N1CC2. The summed E-state index contributed by atoms with van der Waals surface area (Å²) in [6.07, 6.45) is 2.40. The van der Waals surface area contributed by atoms with Gasteiger partial charge in [-0.1, -0.05) is 0 Å². The van der Waals surface area contributed by atoms with Crippen LogP contribution in [0.3, 0.4) is 0 Å². The molecule has 2 aliphatic heterocycles. The molecule has 0 aliphatic carbocycles. The van der Waals surface area contributed by atoms with Crippen LogP contribution in [0, 0.1) is 0 Å². The lowest BCUT2D eigenvalue weighted by atomic mass is 9.88. The minimum Gasteiger partial charge on any atom is -0.493 e. The summed E-state index contributed by atoms with van der Waals surface area (Å²) in [5.41, 5.74) is 2.91. The maximum absolute atomic E-state index is 12.4. The van der Waals surface area contributed by atoms with Crippen LogP contribution in [0.5, 0.6) is 17.2 Å². The lowest BCUT2D eigenvalue weighted by molar-refractivity contribution is 0.161. The molecule has 25 heavy (non-hydrogen) atoms. The number of anilines is 1. The number of rotatable bonds is 2. The van der Waals surface area contributed by atoms with Crippen LogP contribution in [0.4, 0.5) is 5.69 Å². The van der Waals surface area contributed by atoms with Gasteiger partial charge in [-0.15, -0.1) is 0 Å². The zero-order valence-electron chi connectivity index (χ0n) is 14.8. The summed E-state index contributed by atoms with van der Waals surface area (Å²) in [5, 5.41) is 4.16. The van der Waals surface area contributed by atoms with Gasteiger partial charge in [0.15, 0.2) is 11.5 Å². The van der Waals surface area contributed by atoms with Crippen molar-refractivity contribution >= 4 is 5.69 Å². The summed E-state index contributed by atoms with van der Waals surface area (Å²) in [5.74, 6) is 1.81. The third-order valence-corrected chi connectivity index (χ3v) is 5.05. The number of aromatic nitrogens is 2. The minimum absolute atomic E-state index is 0.00459. The molecule has 1 aromatic carbocycles. The first-order valence-corrected chi connectivity index (χ1v) is 8.29. The molecule has 0 fully saturated rings. The second-order valence-corrected chi connectivity index (χ2v) is 6.40. The molecule has 0 N–H and O–H groups in total. The number of fused-ring (bicyclic) bond motifs is 5. The Morgan fingerprint density at radius 2 is 1.96 bits per heavy atom. The highest BCUT2D eigenvalue weighted by molar-refractivity contribution is 5.63. The van der Waals surface area contributed by atoms with E-state index >= 15 is 0 Å². The number of hydrogen-bond donors (Lipinski definition) is 0. The van der Waals surface area contributed by atoms with E-state index in [9.17, 15) is 4.79 Å². The normalized spacial score (nSPS) is 20.9. The smallest absolute Gasteiger partial charge is 0.311 e. The topological polar surface area (TPSA) is 65.8 Å². The van der Waals surface area contributed by atoms with Crippen LogP contribution in [-0.2, 0) is 13.5 Å². The molecule has 132 valence electrons. The van der Waals surface area contributed by atoms with Crippen LogP contribution in [0.1, 0.15) is 24.1 Å². The third kappa shape index (κ3) is 2.26. The van der Waals surface area contributed by atoms with Gasteiger partial charge in [0, 0.05) is 13.6 Å². The van der Waals surface area contributed by atoms with Gasteiger partial charge in [0.2, 0.25) is 5.75 Å². The number of ether oxygens (including phenoxy) is 3. The van der Waals surface area contributed by atoms with E-state index < -0.39 is 0 Å². The molecular formula is C18H21N3O4. The Hall–Kier alpha value is -2.70. The first kappa shape index (κ1) is 15.8. The summed E-state index contributed by atoms with van der Waals surface area (Å²) in [6.45, 7) is 2.79. The zero-order chi connectivity index (χ0) is 17.7. The van der Waals surface area contributed by atoms with Crippen LogP contribution >= 0.6 is 0 Å². The van der Waals surface area contributed by atoms with Crippen molar-refractivity contribution in [3.05, 3.63) is 39.8 Å². The predicted molar refractivity (Wildman–Crippen MR) is 92.9 cm³/mol. The van der Waals surface area contributed by atoms with E-state index in [0.29, 0.717) is 11.5 Å². The van der Waals surface area contributed by atoms with Gasteiger partial charge in [0.25, 0.3) is 0 Å². The third-order valence-electron chi connectivity index (χ3n) is 5.05. The average molecular weight is 343 g/mol. The van der Waals surface area contributed by atoms with E-state index in [-0.39, 0.29) is 17.7 Å². The maximum atomic E-state index is 12.4. The molecule has 4 rings (SSSR count). The standard InChI is InChI=1S/C18H21N3O4/c1-10-16-12-8-15(24-4)14(23-3)7-11(12)5-6-21(16)13-9-19-20(2)18(22)17(13)25-10/h7-10,16H,5-6H2,1-4H3. The number of methoxy groups -OCH3 is 2. The Morgan fingerprint density at radius 3 is 2.68 bits per heavy atom. The highest BCUT2D eigenvalue weighted by Crippen LogP contribution is 2.46. The van der Waals surface area contributed by atoms with Crippen LogP contribution in [0.25, 0.3) is 0 Å². The van der Waals surface area contributed by atoms with Gasteiger partial charge in [-0.25, -0.2) is 4.68 Å². The molecule has 2 atom stereocenters. The van der Waals surface area contributed by atoms with Crippen molar-refractivity contribution in [1.82, 2.24) is 9.78 Å². The van der Waals surface area contributed by atoms with Crippen molar-refractivity contribution in [1.29, 1.82) is 0 Å². The lowest BCUT2D eigenvalue weighted by Crippen LogP contribution is -2.47. The van der Waals surface area contributed by atoms with E-state index in [4.69, 9.17) is 14.2 Å². The van der Waals surface area contributed by atoms with E-state index in [1.807, 2.05) is 19.1 Å². The van der Waals surface area contributed by atoms with Crippen molar-refractivity contribution in [2.24, 2.45) is 7.05 Å². The molecular weight excluding hydrogens is 322 g/mol. The fourth-order valence-electron chi connectivity index (χ4n) is 3.83. The molecule has 7 nitrogen and oxygen atoms in total. The van der Waals surface area contributed by atoms with Crippen LogP contribution in [0.15, 0.2) is 23.1 Å². The van der Waals surface area contributed by atoms with Crippen LogP contribution in [0.2, 0.25) is 0 Å². The number of aryl methyl sites for hydroxylation is 1. The summed E-state index contributed by atoms with van der Waals surface area (Å²) >= 11 is 0. The van der Waals surface area contributed by atoms with Gasteiger partial charge >= 0.3 is 5.56 Å².